The van der Waals surface area contributed by atoms with E-state index in [0.29, 0.717) is 12.5 Å². The van der Waals surface area contributed by atoms with Crippen molar-refractivity contribution in [1.82, 2.24) is 4.90 Å². The highest BCUT2D eigenvalue weighted by Crippen LogP contribution is 2.34. The summed E-state index contributed by atoms with van der Waals surface area (Å²) in [6.07, 6.45) is 1.64. The molecule has 1 heterocycles. The highest BCUT2D eigenvalue weighted by molar-refractivity contribution is 8.18. The fraction of sp³-hybridized carbons (Fsp3) is 0.238. The maximum Gasteiger partial charge on any atom is 0.293 e. The first-order chi connectivity index (χ1) is 13.3. The number of ether oxygens (including phenoxy) is 1. The van der Waals surface area contributed by atoms with Crippen LogP contribution in [0, 0.1) is 11.7 Å². The number of rotatable bonds is 6. The summed E-state index contributed by atoms with van der Waals surface area (Å²) in [7, 11) is 0. The number of thioether (sulfide) groups is 1. The minimum atomic E-state index is -0.549. The number of imide groups is 1. The Balaban J connectivity index is 1.74. The van der Waals surface area contributed by atoms with Gasteiger partial charge in [0, 0.05) is 10.6 Å². The maximum atomic E-state index is 14.0. The van der Waals surface area contributed by atoms with Crippen molar-refractivity contribution < 1.29 is 18.7 Å². The number of carbonyl (C=O) groups excluding carboxylic acids is 2. The van der Waals surface area contributed by atoms with Crippen LogP contribution in [0.3, 0.4) is 0 Å². The van der Waals surface area contributed by atoms with E-state index in [1.165, 1.54) is 18.2 Å². The Morgan fingerprint density at radius 1 is 1.18 bits per heavy atom. The summed E-state index contributed by atoms with van der Waals surface area (Å²) in [6, 6.07) is 11.5. The van der Waals surface area contributed by atoms with Crippen molar-refractivity contribution in [2.45, 2.75) is 20.4 Å². The van der Waals surface area contributed by atoms with Crippen molar-refractivity contribution in [3.63, 3.8) is 0 Å². The van der Waals surface area contributed by atoms with E-state index < -0.39 is 17.0 Å². The summed E-state index contributed by atoms with van der Waals surface area (Å²) >= 11 is 6.83. The lowest BCUT2D eigenvalue weighted by Crippen LogP contribution is -2.28. The minimum absolute atomic E-state index is 0.124. The second-order valence-electron chi connectivity index (χ2n) is 6.74. The van der Waals surface area contributed by atoms with Gasteiger partial charge in [0.1, 0.15) is 11.6 Å². The van der Waals surface area contributed by atoms with Gasteiger partial charge in [0.2, 0.25) is 0 Å². The molecule has 0 radical (unpaired) electrons. The van der Waals surface area contributed by atoms with E-state index in [1.807, 2.05) is 24.3 Å². The molecule has 0 atom stereocenters. The molecule has 0 N–H and O–H groups in total. The van der Waals surface area contributed by atoms with Crippen LogP contribution in [0.1, 0.15) is 25.0 Å². The Morgan fingerprint density at radius 2 is 1.89 bits per heavy atom. The molecular weight excluding hydrogens is 401 g/mol. The normalized spacial score (nSPS) is 15.8. The molecule has 2 aromatic rings. The summed E-state index contributed by atoms with van der Waals surface area (Å²) in [6.45, 7) is 4.56. The highest BCUT2D eigenvalue weighted by atomic mass is 35.5. The Bertz CT molecular complexity index is 907. The van der Waals surface area contributed by atoms with Gasteiger partial charge in [0.15, 0.2) is 0 Å². The van der Waals surface area contributed by atoms with Crippen LogP contribution in [0.4, 0.5) is 9.18 Å². The quantitative estimate of drug-likeness (QED) is 0.559. The molecule has 4 nitrogen and oxygen atoms in total. The lowest BCUT2D eigenvalue weighted by molar-refractivity contribution is -0.123. The fourth-order valence-corrected chi connectivity index (χ4v) is 3.61. The van der Waals surface area contributed by atoms with E-state index >= 15 is 0 Å². The predicted octanol–water partition coefficient (Wildman–Crippen LogP) is 5.75. The molecule has 0 aliphatic carbocycles. The summed E-state index contributed by atoms with van der Waals surface area (Å²) in [5, 5.41) is -0.271. The SMILES string of the molecule is CC(C)COc1ccc(/C=C2\SC(=O)N(Cc3c(F)cccc3Cl)C2=O)cc1. The third-order valence-electron chi connectivity index (χ3n) is 4.01. The monoisotopic (exact) mass is 419 g/mol. The zero-order chi connectivity index (χ0) is 20.3. The summed E-state index contributed by atoms with van der Waals surface area (Å²) in [4.78, 5) is 26.2. The molecule has 7 heteroatoms. The van der Waals surface area contributed by atoms with E-state index in [9.17, 15) is 14.0 Å². The molecule has 0 aromatic heterocycles. The third kappa shape index (κ3) is 4.75. The van der Waals surface area contributed by atoms with E-state index in [0.717, 1.165) is 28.0 Å². The standard InChI is InChI=1S/C21H19ClFNO3S/c1-13(2)12-27-15-8-6-14(7-9-15)10-19-20(25)24(21(26)28-19)11-16-17(22)4-3-5-18(16)23/h3-10,13H,11-12H2,1-2H3/b19-10-. The van der Waals surface area contributed by atoms with E-state index in [4.69, 9.17) is 16.3 Å². The molecule has 0 saturated carbocycles. The average Bonchev–Trinajstić information content (AvgIpc) is 2.91. The van der Waals surface area contributed by atoms with Gasteiger partial charge in [-0.2, -0.15) is 0 Å². The van der Waals surface area contributed by atoms with Gasteiger partial charge in [-0.05, 0) is 53.6 Å². The largest absolute Gasteiger partial charge is 0.493 e. The Hall–Kier alpha value is -2.31. The topological polar surface area (TPSA) is 46.6 Å². The number of halogens is 2. The van der Waals surface area contributed by atoms with Crippen LogP contribution in [0.5, 0.6) is 5.75 Å². The van der Waals surface area contributed by atoms with Crippen molar-refractivity contribution in [2.75, 3.05) is 6.61 Å². The zero-order valence-electron chi connectivity index (χ0n) is 15.4. The Morgan fingerprint density at radius 3 is 2.54 bits per heavy atom. The maximum absolute atomic E-state index is 14.0. The van der Waals surface area contributed by atoms with Crippen LogP contribution in [0.2, 0.25) is 5.02 Å². The zero-order valence-corrected chi connectivity index (χ0v) is 17.0. The van der Waals surface area contributed by atoms with Gasteiger partial charge in [-0.3, -0.25) is 14.5 Å². The van der Waals surface area contributed by atoms with Gasteiger partial charge in [-0.1, -0.05) is 43.6 Å². The summed E-state index contributed by atoms with van der Waals surface area (Å²) < 4.78 is 19.6. The van der Waals surface area contributed by atoms with Crippen molar-refractivity contribution in [2.24, 2.45) is 5.92 Å². The number of hydrogen-bond donors (Lipinski definition) is 0. The van der Waals surface area contributed by atoms with Gasteiger partial charge in [-0.25, -0.2) is 4.39 Å². The molecule has 1 fully saturated rings. The summed E-state index contributed by atoms with van der Waals surface area (Å²) in [5.41, 5.74) is 0.894. The Labute approximate surface area is 172 Å². The number of amides is 2. The number of hydrogen-bond acceptors (Lipinski definition) is 4. The first kappa shape index (κ1) is 20.4. The van der Waals surface area contributed by atoms with Crippen LogP contribution in [-0.2, 0) is 11.3 Å². The van der Waals surface area contributed by atoms with Crippen LogP contribution in [-0.4, -0.2) is 22.7 Å². The molecule has 1 aliphatic heterocycles. The van der Waals surface area contributed by atoms with Crippen molar-refractivity contribution >= 4 is 40.6 Å². The number of benzene rings is 2. The van der Waals surface area contributed by atoms with Gasteiger partial charge in [0.05, 0.1) is 18.1 Å². The molecular formula is C21H19ClFNO3S. The minimum Gasteiger partial charge on any atom is -0.493 e. The summed E-state index contributed by atoms with van der Waals surface area (Å²) in [5.74, 6) is 0.157. The highest BCUT2D eigenvalue weighted by Gasteiger charge is 2.35. The van der Waals surface area contributed by atoms with Crippen LogP contribution in [0.25, 0.3) is 6.08 Å². The smallest absolute Gasteiger partial charge is 0.293 e. The van der Waals surface area contributed by atoms with E-state index in [-0.39, 0.29) is 22.0 Å². The van der Waals surface area contributed by atoms with E-state index in [2.05, 4.69) is 13.8 Å². The van der Waals surface area contributed by atoms with Gasteiger partial charge < -0.3 is 4.74 Å². The molecule has 28 heavy (non-hydrogen) atoms. The van der Waals surface area contributed by atoms with Crippen molar-refractivity contribution in [3.8, 4) is 5.75 Å². The first-order valence-electron chi connectivity index (χ1n) is 8.76. The van der Waals surface area contributed by atoms with Crippen molar-refractivity contribution in [1.29, 1.82) is 0 Å². The average molecular weight is 420 g/mol. The molecule has 2 aromatic carbocycles. The molecule has 1 saturated heterocycles. The van der Waals surface area contributed by atoms with Gasteiger partial charge in [-0.15, -0.1) is 0 Å². The van der Waals surface area contributed by atoms with Gasteiger partial charge in [0.25, 0.3) is 11.1 Å². The molecule has 3 rings (SSSR count). The van der Waals surface area contributed by atoms with E-state index in [1.54, 1.807) is 6.08 Å². The first-order valence-corrected chi connectivity index (χ1v) is 9.95. The molecule has 0 spiro atoms. The third-order valence-corrected chi connectivity index (χ3v) is 5.27. The molecule has 0 bridgehead atoms. The van der Waals surface area contributed by atoms with Crippen LogP contribution >= 0.6 is 23.4 Å². The van der Waals surface area contributed by atoms with Gasteiger partial charge >= 0.3 is 0 Å². The number of nitrogens with zero attached hydrogens (tertiary/aromatic N) is 1. The predicted molar refractivity (Wildman–Crippen MR) is 110 cm³/mol. The lowest BCUT2D eigenvalue weighted by atomic mass is 10.2. The number of carbonyl (C=O) groups is 2. The van der Waals surface area contributed by atoms with Crippen molar-refractivity contribution in [3.05, 3.63) is 69.3 Å². The second kappa shape index (κ2) is 8.80. The molecule has 0 unspecified atom stereocenters. The molecule has 2 amide bonds. The second-order valence-corrected chi connectivity index (χ2v) is 8.14. The lowest BCUT2D eigenvalue weighted by Gasteiger charge is -2.14. The molecule has 1 aliphatic rings. The molecule has 146 valence electrons. The van der Waals surface area contributed by atoms with Crippen LogP contribution in [0.15, 0.2) is 47.4 Å². The fourth-order valence-electron chi connectivity index (χ4n) is 2.55. The Kier molecular flexibility index (Phi) is 6.42. The van der Waals surface area contributed by atoms with Crippen LogP contribution < -0.4 is 4.74 Å².